The summed E-state index contributed by atoms with van der Waals surface area (Å²) in [5.41, 5.74) is 0.459. The second-order valence-corrected chi connectivity index (χ2v) is 3.28. The number of hydrogen-bond acceptors (Lipinski definition) is 3. The molecule has 0 saturated carbocycles. The van der Waals surface area contributed by atoms with E-state index in [1.165, 1.54) is 13.2 Å². The molecule has 1 rings (SSSR count). The molecule has 0 fully saturated rings. The molecular weight excluding hydrogens is 192 g/mol. The fourth-order valence-corrected chi connectivity index (χ4v) is 1.21. The number of rotatable bonds is 4. The van der Waals surface area contributed by atoms with Crippen LogP contribution in [0.4, 0.5) is 0 Å². The summed E-state index contributed by atoms with van der Waals surface area (Å²) >= 11 is 0. The Hall–Kier alpha value is -1.77. The molecule has 1 aromatic rings. The van der Waals surface area contributed by atoms with E-state index in [4.69, 9.17) is 4.74 Å². The topological polar surface area (TPSA) is 46.5 Å². The maximum absolute atomic E-state index is 11.7. The van der Waals surface area contributed by atoms with Crippen LogP contribution in [0, 0.1) is 5.92 Å². The number of carbonyl (C=O) groups excluding carboxylic acids is 1. The van der Waals surface area contributed by atoms with Crippen LogP contribution in [-0.4, -0.2) is 18.0 Å². The van der Waals surface area contributed by atoms with Crippen molar-refractivity contribution >= 4 is 5.78 Å². The van der Waals surface area contributed by atoms with Gasteiger partial charge in [-0.05, 0) is 18.2 Å². The number of phenols is 1. The van der Waals surface area contributed by atoms with E-state index in [0.29, 0.717) is 11.3 Å². The zero-order chi connectivity index (χ0) is 11.4. The highest BCUT2D eigenvalue weighted by molar-refractivity contribution is 5.99. The van der Waals surface area contributed by atoms with Crippen LogP contribution in [0.3, 0.4) is 0 Å². The van der Waals surface area contributed by atoms with Gasteiger partial charge in [-0.1, -0.05) is 13.0 Å². The highest BCUT2D eigenvalue weighted by Gasteiger charge is 2.13. The van der Waals surface area contributed by atoms with Gasteiger partial charge in [-0.25, -0.2) is 0 Å². The number of benzene rings is 1. The molecule has 0 aromatic heterocycles. The standard InChI is InChI=1S/C12H14O3/c1-4-8(2)12(14)9-5-6-11(15-3)10(13)7-9/h4-8,13H,1H2,2-3H3. The number of phenolic OH excluding ortho intramolecular Hbond substituents is 1. The Morgan fingerprint density at radius 2 is 2.27 bits per heavy atom. The summed E-state index contributed by atoms with van der Waals surface area (Å²) in [7, 11) is 1.46. The number of ether oxygens (including phenoxy) is 1. The minimum atomic E-state index is -0.252. The van der Waals surface area contributed by atoms with Crippen molar-refractivity contribution in [3.8, 4) is 11.5 Å². The minimum absolute atomic E-state index is 0.0281. The second-order valence-electron chi connectivity index (χ2n) is 3.28. The normalized spacial score (nSPS) is 11.9. The van der Waals surface area contributed by atoms with Gasteiger partial charge in [0, 0.05) is 11.5 Å². The number of methoxy groups -OCH3 is 1. The van der Waals surface area contributed by atoms with E-state index in [1.54, 1.807) is 25.1 Å². The Bertz CT molecular complexity index is 382. The van der Waals surface area contributed by atoms with E-state index >= 15 is 0 Å². The van der Waals surface area contributed by atoms with E-state index < -0.39 is 0 Å². The number of hydrogen-bond donors (Lipinski definition) is 1. The van der Waals surface area contributed by atoms with Gasteiger partial charge < -0.3 is 9.84 Å². The molecule has 3 nitrogen and oxygen atoms in total. The van der Waals surface area contributed by atoms with Crippen LogP contribution in [-0.2, 0) is 0 Å². The van der Waals surface area contributed by atoms with Crippen LogP contribution in [0.15, 0.2) is 30.9 Å². The first-order chi connectivity index (χ1) is 7.10. The van der Waals surface area contributed by atoms with Gasteiger partial charge in [0.15, 0.2) is 17.3 Å². The Labute approximate surface area is 89.0 Å². The van der Waals surface area contributed by atoms with E-state index in [2.05, 4.69) is 6.58 Å². The van der Waals surface area contributed by atoms with Crippen LogP contribution >= 0.6 is 0 Å². The lowest BCUT2D eigenvalue weighted by atomic mass is 9.99. The molecule has 0 amide bonds. The van der Waals surface area contributed by atoms with Gasteiger partial charge in [0.25, 0.3) is 0 Å². The maximum atomic E-state index is 11.7. The van der Waals surface area contributed by atoms with E-state index in [1.807, 2.05) is 0 Å². The Balaban J connectivity index is 3.02. The molecule has 1 atom stereocenters. The maximum Gasteiger partial charge on any atom is 0.169 e. The summed E-state index contributed by atoms with van der Waals surface area (Å²) in [6, 6.07) is 4.60. The predicted molar refractivity (Wildman–Crippen MR) is 58.4 cm³/mol. The predicted octanol–water partition coefficient (Wildman–Crippen LogP) is 2.41. The van der Waals surface area contributed by atoms with Crippen molar-refractivity contribution in [3.05, 3.63) is 36.4 Å². The molecule has 0 aliphatic heterocycles. The minimum Gasteiger partial charge on any atom is -0.504 e. The van der Waals surface area contributed by atoms with E-state index in [9.17, 15) is 9.90 Å². The molecule has 0 radical (unpaired) electrons. The van der Waals surface area contributed by atoms with Gasteiger partial charge in [0.05, 0.1) is 7.11 Å². The number of Topliss-reactive ketones (excluding diaryl/α,β-unsaturated/α-hetero) is 1. The van der Waals surface area contributed by atoms with Crippen molar-refractivity contribution in [2.45, 2.75) is 6.92 Å². The van der Waals surface area contributed by atoms with Crippen LogP contribution < -0.4 is 4.74 Å². The highest BCUT2D eigenvalue weighted by atomic mass is 16.5. The van der Waals surface area contributed by atoms with Gasteiger partial charge in [0.1, 0.15) is 0 Å². The van der Waals surface area contributed by atoms with Crippen molar-refractivity contribution in [1.29, 1.82) is 0 Å². The smallest absolute Gasteiger partial charge is 0.169 e. The zero-order valence-corrected chi connectivity index (χ0v) is 8.86. The molecule has 1 N–H and O–H groups in total. The number of ketones is 1. The molecule has 80 valence electrons. The number of carbonyl (C=O) groups is 1. The first-order valence-electron chi connectivity index (χ1n) is 4.64. The summed E-state index contributed by atoms with van der Waals surface area (Å²) in [6.07, 6.45) is 1.57. The molecule has 0 saturated heterocycles. The molecule has 0 aliphatic carbocycles. The van der Waals surface area contributed by atoms with Crippen molar-refractivity contribution in [1.82, 2.24) is 0 Å². The SMILES string of the molecule is C=CC(C)C(=O)c1ccc(OC)c(O)c1. The summed E-state index contributed by atoms with van der Waals surface area (Å²) in [6.45, 7) is 5.32. The molecule has 0 spiro atoms. The van der Waals surface area contributed by atoms with Crippen LogP contribution in [0.5, 0.6) is 11.5 Å². The molecule has 15 heavy (non-hydrogen) atoms. The third-order valence-electron chi connectivity index (χ3n) is 2.23. The summed E-state index contributed by atoms with van der Waals surface area (Å²) in [5, 5.41) is 9.49. The third-order valence-corrected chi connectivity index (χ3v) is 2.23. The molecule has 0 bridgehead atoms. The van der Waals surface area contributed by atoms with Crippen molar-refractivity contribution < 1.29 is 14.6 Å². The second kappa shape index (κ2) is 4.64. The first kappa shape index (κ1) is 11.3. The number of aromatic hydroxyl groups is 1. The Morgan fingerprint density at radius 1 is 1.60 bits per heavy atom. The van der Waals surface area contributed by atoms with Crippen LogP contribution in [0.1, 0.15) is 17.3 Å². The van der Waals surface area contributed by atoms with Crippen molar-refractivity contribution in [3.63, 3.8) is 0 Å². The highest BCUT2D eigenvalue weighted by Crippen LogP contribution is 2.27. The summed E-state index contributed by atoms with van der Waals surface area (Å²) in [4.78, 5) is 11.7. The van der Waals surface area contributed by atoms with E-state index in [0.717, 1.165) is 0 Å². The average Bonchev–Trinajstić information content (AvgIpc) is 2.26. The monoisotopic (exact) mass is 206 g/mol. The largest absolute Gasteiger partial charge is 0.504 e. The Morgan fingerprint density at radius 3 is 2.73 bits per heavy atom. The van der Waals surface area contributed by atoms with Gasteiger partial charge >= 0.3 is 0 Å². The van der Waals surface area contributed by atoms with Gasteiger partial charge in [0.2, 0.25) is 0 Å². The molecule has 0 heterocycles. The summed E-state index contributed by atoms with van der Waals surface area (Å²) in [5.74, 6) is 0.0122. The average molecular weight is 206 g/mol. The summed E-state index contributed by atoms with van der Waals surface area (Å²) < 4.78 is 4.89. The lowest BCUT2D eigenvalue weighted by Crippen LogP contribution is -2.08. The fraction of sp³-hybridized carbons (Fsp3) is 0.250. The first-order valence-corrected chi connectivity index (χ1v) is 4.64. The molecule has 1 unspecified atom stereocenters. The van der Waals surface area contributed by atoms with Gasteiger partial charge in [-0.3, -0.25) is 4.79 Å². The van der Waals surface area contributed by atoms with Crippen molar-refractivity contribution in [2.75, 3.05) is 7.11 Å². The molecule has 1 aromatic carbocycles. The lowest BCUT2D eigenvalue weighted by molar-refractivity contribution is 0.0953. The molecule has 0 aliphatic rings. The van der Waals surface area contributed by atoms with Crippen LogP contribution in [0.2, 0.25) is 0 Å². The van der Waals surface area contributed by atoms with Crippen molar-refractivity contribution in [2.24, 2.45) is 5.92 Å². The quantitative estimate of drug-likeness (QED) is 0.607. The fourth-order valence-electron chi connectivity index (χ4n) is 1.21. The van der Waals surface area contributed by atoms with Crippen LogP contribution in [0.25, 0.3) is 0 Å². The molecular formula is C12H14O3. The van der Waals surface area contributed by atoms with Gasteiger partial charge in [-0.2, -0.15) is 0 Å². The lowest BCUT2D eigenvalue weighted by Gasteiger charge is -2.07. The third kappa shape index (κ3) is 2.37. The zero-order valence-electron chi connectivity index (χ0n) is 8.86. The van der Waals surface area contributed by atoms with Gasteiger partial charge in [-0.15, -0.1) is 6.58 Å². The van der Waals surface area contributed by atoms with E-state index in [-0.39, 0.29) is 17.5 Å². The molecule has 3 heteroatoms. The Kier molecular flexibility index (Phi) is 3.50. The number of allylic oxidation sites excluding steroid dienone is 1.